The Labute approximate surface area is 220 Å². The van der Waals surface area contributed by atoms with Gasteiger partial charge in [-0.15, -0.1) is 0 Å². The van der Waals surface area contributed by atoms with Gasteiger partial charge in [-0.1, -0.05) is 37.5 Å². The van der Waals surface area contributed by atoms with Crippen LogP contribution in [-0.2, 0) is 17.8 Å². The summed E-state index contributed by atoms with van der Waals surface area (Å²) in [6.45, 7) is 2.23. The summed E-state index contributed by atoms with van der Waals surface area (Å²) in [4.78, 5) is 17.3. The van der Waals surface area contributed by atoms with E-state index in [-0.39, 0.29) is 5.91 Å². The summed E-state index contributed by atoms with van der Waals surface area (Å²) < 4.78 is 2.56. The van der Waals surface area contributed by atoms with Crippen molar-refractivity contribution in [1.29, 1.82) is 0 Å². The number of hydrogen-bond donors (Lipinski definition) is 1. The number of nitrogens with one attached hydrogen (secondary N) is 1. The molecule has 1 saturated carbocycles. The summed E-state index contributed by atoms with van der Waals surface area (Å²) in [6, 6.07) is 15.7. The van der Waals surface area contributed by atoms with E-state index in [2.05, 4.69) is 55.2 Å². The molecule has 0 spiro atoms. The van der Waals surface area contributed by atoms with E-state index < -0.39 is 0 Å². The molecule has 1 atom stereocenters. The van der Waals surface area contributed by atoms with Gasteiger partial charge in [-0.2, -0.15) is 5.10 Å². The highest BCUT2D eigenvalue weighted by molar-refractivity contribution is 5.87. The molecule has 0 bridgehead atoms. The fraction of sp³-hybridized carbons (Fsp3) is 0.484. The second-order valence-electron chi connectivity index (χ2n) is 11.3. The minimum atomic E-state index is -0.0440. The maximum absolute atomic E-state index is 12.8. The maximum Gasteiger partial charge on any atom is 0.254 e. The molecule has 3 aliphatic rings. The lowest BCUT2D eigenvalue weighted by Gasteiger charge is -2.39. The first-order valence-corrected chi connectivity index (χ1v) is 14.1. The molecule has 1 amide bonds. The Morgan fingerprint density at radius 3 is 2.62 bits per heavy atom. The first kappa shape index (κ1) is 24.2. The van der Waals surface area contributed by atoms with Crippen LogP contribution in [0, 0.1) is 0 Å². The van der Waals surface area contributed by atoms with Gasteiger partial charge in [0, 0.05) is 49.5 Å². The van der Waals surface area contributed by atoms with Crippen LogP contribution < -0.4 is 10.3 Å². The number of nitrogens with zero attached hydrogens (tertiary/aromatic N) is 4. The number of amides is 1. The lowest BCUT2D eigenvalue weighted by atomic mass is 9.83. The molecule has 194 valence electrons. The Kier molecular flexibility index (Phi) is 6.76. The van der Waals surface area contributed by atoms with Gasteiger partial charge in [0.15, 0.2) is 0 Å². The molecule has 6 nitrogen and oxygen atoms in total. The minimum Gasteiger partial charge on any atom is -0.378 e. The Hall–Kier alpha value is -3.12. The second kappa shape index (κ2) is 10.3. The van der Waals surface area contributed by atoms with Gasteiger partial charge in [0.25, 0.3) is 5.91 Å². The SMILES string of the molecule is CN(C)c1ccc(/C=N/NC(=O)CN2CCn3c4c(c5cc(C6CCCCC6)ccc53)CCCC42)cc1. The van der Waals surface area contributed by atoms with Gasteiger partial charge in [0.2, 0.25) is 0 Å². The van der Waals surface area contributed by atoms with Crippen molar-refractivity contribution in [3.63, 3.8) is 0 Å². The Bertz CT molecular complexity index is 1300. The van der Waals surface area contributed by atoms with Gasteiger partial charge in [-0.05, 0) is 79.0 Å². The minimum absolute atomic E-state index is 0.0440. The lowest BCUT2D eigenvalue weighted by Crippen LogP contribution is -2.44. The summed E-state index contributed by atoms with van der Waals surface area (Å²) in [6.07, 6.45) is 12.0. The molecular formula is C31H39N5O. The van der Waals surface area contributed by atoms with Crippen LogP contribution >= 0.6 is 0 Å². The van der Waals surface area contributed by atoms with Crippen LogP contribution in [-0.4, -0.2) is 48.8 Å². The van der Waals surface area contributed by atoms with Crippen molar-refractivity contribution >= 4 is 28.7 Å². The fourth-order valence-electron chi connectivity index (χ4n) is 6.83. The molecule has 6 heteroatoms. The van der Waals surface area contributed by atoms with E-state index in [1.807, 2.05) is 26.2 Å². The quantitative estimate of drug-likeness (QED) is 0.356. The zero-order chi connectivity index (χ0) is 25.4. The average molecular weight is 498 g/mol. The molecule has 2 aliphatic carbocycles. The Morgan fingerprint density at radius 1 is 1.03 bits per heavy atom. The largest absolute Gasteiger partial charge is 0.378 e. The summed E-state index contributed by atoms with van der Waals surface area (Å²) in [5.74, 6) is 0.686. The van der Waals surface area contributed by atoms with Crippen molar-refractivity contribution in [3.05, 3.63) is 64.8 Å². The van der Waals surface area contributed by atoms with Crippen LogP contribution in [0.4, 0.5) is 5.69 Å². The van der Waals surface area contributed by atoms with Crippen LogP contribution in [0.15, 0.2) is 47.6 Å². The number of aromatic nitrogens is 1. The predicted octanol–water partition coefficient (Wildman–Crippen LogP) is 5.60. The van der Waals surface area contributed by atoms with Gasteiger partial charge in [0.05, 0.1) is 18.8 Å². The number of aryl methyl sites for hydroxylation is 1. The van der Waals surface area contributed by atoms with E-state index in [4.69, 9.17) is 0 Å². The van der Waals surface area contributed by atoms with Crippen LogP contribution in [0.2, 0.25) is 0 Å². The second-order valence-corrected chi connectivity index (χ2v) is 11.3. The summed E-state index contributed by atoms with van der Waals surface area (Å²) in [5, 5.41) is 5.70. The van der Waals surface area contributed by atoms with Crippen LogP contribution in [0.1, 0.15) is 79.3 Å². The lowest BCUT2D eigenvalue weighted by molar-refractivity contribution is -0.123. The molecule has 1 aliphatic heterocycles. The van der Waals surface area contributed by atoms with Crippen molar-refractivity contribution in [1.82, 2.24) is 14.9 Å². The molecule has 1 unspecified atom stereocenters. The molecule has 1 fully saturated rings. The molecular weight excluding hydrogens is 458 g/mol. The molecule has 37 heavy (non-hydrogen) atoms. The molecule has 1 aromatic heterocycles. The van der Waals surface area contributed by atoms with Crippen molar-refractivity contribution in [3.8, 4) is 0 Å². The summed E-state index contributed by atoms with van der Waals surface area (Å²) in [7, 11) is 4.04. The average Bonchev–Trinajstić information content (AvgIpc) is 3.25. The smallest absolute Gasteiger partial charge is 0.254 e. The van der Waals surface area contributed by atoms with Crippen LogP contribution in [0.3, 0.4) is 0 Å². The highest BCUT2D eigenvalue weighted by atomic mass is 16.2. The number of rotatable bonds is 6. The van der Waals surface area contributed by atoms with Crippen molar-refractivity contribution in [2.24, 2.45) is 5.10 Å². The first-order chi connectivity index (χ1) is 18.1. The fourth-order valence-corrected chi connectivity index (χ4v) is 6.83. The third-order valence-corrected chi connectivity index (χ3v) is 8.74. The summed E-state index contributed by atoms with van der Waals surface area (Å²) in [5.41, 5.74) is 10.8. The molecule has 0 saturated heterocycles. The normalized spacial score (nSPS) is 20.3. The highest BCUT2D eigenvalue weighted by Crippen LogP contribution is 2.44. The number of benzene rings is 2. The van der Waals surface area contributed by atoms with Gasteiger partial charge in [0.1, 0.15) is 0 Å². The Balaban J connectivity index is 1.16. The topological polar surface area (TPSA) is 52.9 Å². The standard InChI is InChI=1S/C31H39N5O/c1-34(2)25-14-11-22(12-15-25)20-32-33-30(37)21-35-17-18-36-28-16-13-24(23-7-4-3-5-8-23)19-27(28)26-9-6-10-29(35)31(26)36/h11-16,19-20,23,29H,3-10,17-18,21H2,1-2H3,(H,33,37)/b32-20+. The molecule has 3 aromatic rings. The van der Waals surface area contributed by atoms with Crippen molar-refractivity contribution in [2.45, 2.75) is 69.9 Å². The maximum atomic E-state index is 12.8. The van der Waals surface area contributed by atoms with Crippen LogP contribution in [0.25, 0.3) is 10.9 Å². The molecule has 6 rings (SSSR count). The Morgan fingerprint density at radius 2 is 1.84 bits per heavy atom. The zero-order valence-corrected chi connectivity index (χ0v) is 22.2. The molecule has 1 N–H and O–H groups in total. The predicted molar refractivity (Wildman–Crippen MR) is 152 cm³/mol. The first-order valence-electron chi connectivity index (χ1n) is 14.1. The number of carbonyl (C=O) groups excluding carboxylic acids is 1. The molecule has 2 aromatic carbocycles. The van der Waals surface area contributed by atoms with Gasteiger partial charge < -0.3 is 9.47 Å². The number of fused-ring (bicyclic) bond motifs is 3. The van der Waals surface area contributed by atoms with E-state index in [1.165, 1.54) is 60.7 Å². The zero-order valence-electron chi connectivity index (χ0n) is 22.2. The third kappa shape index (κ3) is 4.79. The van der Waals surface area contributed by atoms with E-state index >= 15 is 0 Å². The third-order valence-electron chi connectivity index (χ3n) is 8.74. The number of anilines is 1. The molecule has 0 radical (unpaired) electrons. The van der Waals surface area contributed by atoms with E-state index in [0.717, 1.165) is 43.1 Å². The van der Waals surface area contributed by atoms with Crippen molar-refractivity contribution < 1.29 is 4.79 Å². The monoisotopic (exact) mass is 497 g/mol. The number of carbonyl (C=O) groups is 1. The number of hydrazone groups is 1. The van der Waals surface area contributed by atoms with E-state index in [1.54, 1.807) is 11.8 Å². The van der Waals surface area contributed by atoms with Gasteiger partial charge in [-0.3, -0.25) is 9.69 Å². The highest BCUT2D eigenvalue weighted by Gasteiger charge is 2.35. The van der Waals surface area contributed by atoms with Gasteiger partial charge in [-0.25, -0.2) is 5.43 Å². The van der Waals surface area contributed by atoms with Crippen molar-refractivity contribution in [2.75, 3.05) is 32.1 Å². The van der Waals surface area contributed by atoms with E-state index in [0.29, 0.717) is 12.6 Å². The van der Waals surface area contributed by atoms with E-state index in [9.17, 15) is 4.79 Å². The number of hydrogen-bond acceptors (Lipinski definition) is 4. The van der Waals surface area contributed by atoms with Gasteiger partial charge >= 0.3 is 0 Å². The van der Waals surface area contributed by atoms with Crippen LogP contribution in [0.5, 0.6) is 0 Å². The summed E-state index contributed by atoms with van der Waals surface area (Å²) >= 11 is 0. The molecule has 2 heterocycles.